The van der Waals surface area contributed by atoms with E-state index in [2.05, 4.69) is 37.4 Å². The number of ether oxygens (including phenoxy) is 1. The first-order valence-corrected chi connectivity index (χ1v) is 8.02. The van der Waals surface area contributed by atoms with Crippen LogP contribution in [0.25, 0.3) is 0 Å². The first kappa shape index (κ1) is 16.2. The lowest BCUT2D eigenvalue weighted by Gasteiger charge is -2.33. The van der Waals surface area contributed by atoms with Gasteiger partial charge in [-0.05, 0) is 24.8 Å². The van der Waals surface area contributed by atoms with Gasteiger partial charge >= 0.3 is 0 Å². The molecule has 0 saturated carbocycles. The lowest BCUT2D eigenvalue weighted by molar-refractivity contribution is -0.0695. The van der Waals surface area contributed by atoms with E-state index in [0.29, 0.717) is 0 Å². The molecule has 1 aromatic rings. The van der Waals surface area contributed by atoms with Crippen LogP contribution in [0.15, 0.2) is 42.5 Å². The minimum absolute atomic E-state index is 0.0505. The average molecular weight is 289 g/mol. The van der Waals surface area contributed by atoms with Gasteiger partial charge in [-0.1, -0.05) is 56.3 Å². The molecule has 0 aromatic heterocycles. The Kier molecular flexibility index (Phi) is 6.43. The number of aliphatic hydroxyl groups is 1. The standard InChI is InChI=1S/C18H27NO2/c1-3-15(4-2)21-17-12-8-11-16(18(17)20)19-13-14-9-6-5-7-10-14/h5-10,12,15-20H,3-4,11,13H2,1-2H3/t16-,17-,18+/m1/s1. The molecule has 3 heteroatoms. The second kappa shape index (κ2) is 8.32. The molecule has 3 nitrogen and oxygen atoms in total. The van der Waals surface area contributed by atoms with Gasteiger partial charge in [0.1, 0.15) is 6.10 Å². The van der Waals surface area contributed by atoms with Crippen molar-refractivity contribution in [2.75, 3.05) is 0 Å². The first-order chi connectivity index (χ1) is 10.2. The van der Waals surface area contributed by atoms with Gasteiger partial charge in [-0.2, -0.15) is 0 Å². The molecule has 0 saturated heterocycles. The van der Waals surface area contributed by atoms with E-state index in [0.717, 1.165) is 25.8 Å². The molecule has 0 spiro atoms. The van der Waals surface area contributed by atoms with Gasteiger partial charge in [-0.25, -0.2) is 0 Å². The van der Waals surface area contributed by atoms with Crippen LogP contribution in [0.2, 0.25) is 0 Å². The van der Waals surface area contributed by atoms with Gasteiger partial charge in [0.05, 0.1) is 12.2 Å². The highest BCUT2D eigenvalue weighted by molar-refractivity contribution is 5.15. The zero-order chi connectivity index (χ0) is 15.1. The highest BCUT2D eigenvalue weighted by Gasteiger charge is 2.30. The quantitative estimate of drug-likeness (QED) is 0.758. The molecule has 0 unspecified atom stereocenters. The highest BCUT2D eigenvalue weighted by Crippen LogP contribution is 2.19. The molecule has 0 bridgehead atoms. The van der Waals surface area contributed by atoms with Crippen molar-refractivity contribution < 1.29 is 9.84 Å². The fraction of sp³-hybridized carbons (Fsp3) is 0.556. The summed E-state index contributed by atoms with van der Waals surface area (Å²) in [6.07, 6.45) is 6.47. The zero-order valence-electron chi connectivity index (χ0n) is 13.0. The topological polar surface area (TPSA) is 41.5 Å². The normalized spacial score (nSPS) is 25.4. The number of rotatable bonds is 7. The van der Waals surface area contributed by atoms with Gasteiger partial charge in [0.2, 0.25) is 0 Å². The molecule has 1 aliphatic rings. The molecular weight excluding hydrogens is 262 g/mol. The van der Waals surface area contributed by atoms with E-state index in [9.17, 15) is 5.11 Å². The maximum atomic E-state index is 10.5. The summed E-state index contributed by atoms with van der Waals surface area (Å²) in [6, 6.07) is 10.3. The van der Waals surface area contributed by atoms with Gasteiger partial charge < -0.3 is 15.2 Å². The monoisotopic (exact) mass is 289 g/mol. The molecule has 0 radical (unpaired) electrons. The Labute approximate surface area is 128 Å². The van der Waals surface area contributed by atoms with Crippen LogP contribution in [-0.2, 0) is 11.3 Å². The molecule has 0 aliphatic heterocycles. The second-order valence-corrected chi connectivity index (χ2v) is 5.67. The third-order valence-corrected chi connectivity index (χ3v) is 4.14. The van der Waals surface area contributed by atoms with Gasteiger partial charge in [-0.15, -0.1) is 0 Å². The SMILES string of the molecule is CCC(CC)O[C@@H]1C=CC[C@@H](NCc2ccccc2)[C@@H]1O. The maximum Gasteiger partial charge on any atom is 0.103 e. The van der Waals surface area contributed by atoms with Gasteiger partial charge in [-0.3, -0.25) is 0 Å². The molecule has 2 rings (SSSR count). The minimum Gasteiger partial charge on any atom is -0.388 e. The van der Waals surface area contributed by atoms with Crippen molar-refractivity contribution in [3.63, 3.8) is 0 Å². The molecule has 116 valence electrons. The Bertz CT molecular complexity index is 428. The van der Waals surface area contributed by atoms with Crippen LogP contribution in [0.3, 0.4) is 0 Å². The minimum atomic E-state index is -0.487. The van der Waals surface area contributed by atoms with Gasteiger partial charge in [0.25, 0.3) is 0 Å². The maximum absolute atomic E-state index is 10.5. The molecule has 21 heavy (non-hydrogen) atoms. The van der Waals surface area contributed by atoms with Crippen molar-refractivity contribution >= 4 is 0 Å². The fourth-order valence-electron chi connectivity index (χ4n) is 2.72. The van der Waals surface area contributed by atoms with Crippen LogP contribution in [0.5, 0.6) is 0 Å². The van der Waals surface area contributed by atoms with E-state index in [1.165, 1.54) is 5.56 Å². The number of hydrogen-bond donors (Lipinski definition) is 2. The van der Waals surface area contributed by atoms with Crippen LogP contribution in [0.4, 0.5) is 0 Å². The zero-order valence-corrected chi connectivity index (χ0v) is 13.0. The van der Waals surface area contributed by atoms with Crippen molar-refractivity contribution in [1.29, 1.82) is 0 Å². The summed E-state index contributed by atoms with van der Waals surface area (Å²) < 4.78 is 6.01. The Hall–Kier alpha value is -1.16. The lowest BCUT2D eigenvalue weighted by Crippen LogP contribution is -2.48. The number of nitrogens with one attached hydrogen (secondary N) is 1. The summed E-state index contributed by atoms with van der Waals surface area (Å²) in [5.74, 6) is 0. The largest absolute Gasteiger partial charge is 0.388 e. The molecule has 3 atom stereocenters. The summed E-state index contributed by atoms with van der Waals surface area (Å²) in [5.41, 5.74) is 1.23. The third kappa shape index (κ3) is 4.67. The van der Waals surface area contributed by atoms with Gasteiger partial charge in [0, 0.05) is 12.6 Å². The molecular formula is C18H27NO2. The predicted octanol–water partition coefficient (Wildman–Crippen LogP) is 3.04. The van der Waals surface area contributed by atoms with Crippen molar-refractivity contribution in [1.82, 2.24) is 5.32 Å². The van der Waals surface area contributed by atoms with E-state index in [1.54, 1.807) is 0 Å². The highest BCUT2D eigenvalue weighted by atomic mass is 16.5. The van der Waals surface area contributed by atoms with E-state index < -0.39 is 6.10 Å². The van der Waals surface area contributed by atoms with Crippen molar-refractivity contribution in [2.24, 2.45) is 0 Å². The number of aliphatic hydroxyl groups excluding tert-OH is 1. The fourth-order valence-corrected chi connectivity index (χ4v) is 2.72. The smallest absolute Gasteiger partial charge is 0.103 e. The Balaban J connectivity index is 1.88. The van der Waals surface area contributed by atoms with Crippen LogP contribution >= 0.6 is 0 Å². The van der Waals surface area contributed by atoms with Gasteiger partial charge in [0.15, 0.2) is 0 Å². The molecule has 0 fully saturated rings. The molecule has 0 amide bonds. The number of benzene rings is 1. The molecule has 1 aromatic carbocycles. The Morgan fingerprint density at radius 3 is 2.62 bits per heavy atom. The molecule has 0 heterocycles. The summed E-state index contributed by atoms with van der Waals surface area (Å²) in [6.45, 7) is 5.02. The Morgan fingerprint density at radius 1 is 1.24 bits per heavy atom. The van der Waals surface area contributed by atoms with Crippen molar-refractivity contribution in [3.05, 3.63) is 48.0 Å². The van der Waals surface area contributed by atoms with Crippen LogP contribution in [0, 0.1) is 0 Å². The second-order valence-electron chi connectivity index (χ2n) is 5.67. The van der Waals surface area contributed by atoms with Crippen molar-refractivity contribution in [3.8, 4) is 0 Å². The Morgan fingerprint density at radius 2 is 1.95 bits per heavy atom. The van der Waals surface area contributed by atoms with Crippen molar-refractivity contribution in [2.45, 2.75) is 64.0 Å². The third-order valence-electron chi connectivity index (χ3n) is 4.14. The number of hydrogen-bond acceptors (Lipinski definition) is 3. The first-order valence-electron chi connectivity index (χ1n) is 8.02. The van der Waals surface area contributed by atoms with E-state index >= 15 is 0 Å². The summed E-state index contributed by atoms with van der Waals surface area (Å²) in [4.78, 5) is 0. The van der Waals surface area contributed by atoms with E-state index in [-0.39, 0.29) is 18.2 Å². The van der Waals surface area contributed by atoms with E-state index in [1.807, 2.05) is 24.3 Å². The average Bonchev–Trinajstić information content (AvgIpc) is 2.54. The van der Waals surface area contributed by atoms with E-state index in [4.69, 9.17) is 4.74 Å². The summed E-state index contributed by atoms with van der Waals surface area (Å²) in [7, 11) is 0. The molecule has 2 N–H and O–H groups in total. The molecule has 1 aliphatic carbocycles. The van der Waals surface area contributed by atoms with Crippen LogP contribution in [0.1, 0.15) is 38.7 Å². The van der Waals surface area contributed by atoms with Crippen LogP contribution in [-0.4, -0.2) is 29.5 Å². The summed E-state index contributed by atoms with van der Waals surface area (Å²) >= 11 is 0. The summed E-state index contributed by atoms with van der Waals surface area (Å²) in [5, 5.41) is 14.0. The van der Waals surface area contributed by atoms with Crippen LogP contribution < -0.4 is 5.32 Å². The predicted molar refractivity (Wildman–Crippen MR) is 86.1 cm³/mol. The lowest BCUT2D eigenvalue weighted by atomic mass is 9.95.